The van der Waals surface area contributed by atoms with E-state index < -0.39 is 0 Å². The SMILES string of the molecule is COc1cccc(OC)c1Oc1ccc(CN)nc1. The maximum atomic E-state index is 5.77. The minimum Gasteiger partial charge on any atom is -0.493 e. The van der Waals surface area contributed by atoms with E-state index in [1.54, 1.807) is 38.6 Å². The van der Waals surface area contributed by atoms with Crippen LogP contribution in [-0.2, 0) is 6.54 Å². The molecule has 100 valence electrons. The Morgan fingerprint density at radius 2 is 1.74 bits per heavy atom. The van der Waals surface area contributed by atoms with Crippen molar-refractivity contribution in [3.63, 3.8) is 0 Å². The van der Waals surface area contributed by atoms with Gasteiger partial charge in [0.2, 0.25) is 5.75 Å². The van der Waals surface area contributed by atoms with Gasteiger partial charge in [-0.05, 0) is 24.3 Å². The van der Waals surface area contributed by atoms with E-state index in [2.05, 4.69) is 4.98 Å². The molecule has 0 spiro atoms. The Morgan fingerprint density at radius 3 is 2.21 bits per heavy atom. The Hall–Kier alpha value is -2.27. The van der Waals surface area contributed by atoms with Gasteiger partial charge in [0.25, 0.3) is 0 Å². The van der Waals surface area contributed by atoms with Crippen LogP contribution in [0.5, 0.6) is 23.0 Å². The highest BCUT2D eigenvalue weighted by Gasteiger charge is 2.12. The summed E-state index contributed by atoms with van der Waals surface area (Å²) in [5, 5.41) is 0. The van der Waals surface area contributed by atoms with E-state index in [9.17, 15) is 0 Å². The van der Waals surface area contributed by atoms with Crippen LogP contribution < -0.4 is 19.9 Å². The minimum absolute atomic E-state index is 0.401. The number of benzene rings is 1. The summed E-state index contributed by atoms with van der Waals surface area (Å²) in [5.74, 6) is 2.32. The van der Waals surface area contributed by atoms with Crippen LogP contribution in [0.25, 0.3) is 0 Å². The summed E-state index contributed by atoms with van der Waals surface area (Å²) in [7, 11) is 3.16. The molecule has 0 amide bonds. The van der Waals surface area contributed by atoms with Crippen LogP contribution in [0.3, 0.4) is 0 Å². The fourth-order valence-corrected chi connectivity index (χ4v) is 1.63. The number of rotatable bonds is 5. The molecule has 0 saturated heterocycles. The van der Waals surface area contributed by atoms with Crippen molar-refractivity contribution in [3.05, 3.63) is 42.2 Å². The molecule has 0 atom stereocenters. The summed E-state index contributed by atoms with van der Waals surface area (Å²) in [6, 6.07) is 9.07. The molecular formula is C14H16N2O3. The lowest BCUT2D eigenvalue weighted by Crippen LogP contribution is -1.99. The highest BCUT2D eigenvalue weighted by molar-refractivity contribution is 5.52. The van der Waals surface area contributed by atoms with E-state index in [-0.39, 0.29) is 0 Å². The van der Waals surface area contributed by atoms with Crippen molar-refractivity contribution < 1.29 is 14.2 Å². The second-order valence-electron chi connectivity index (χ2n) is 3.78. The Kier molecular flexibility index (Phi) is 4.20. The standard InChI is InChI=1S/C14H16N2O3/c1-17-12-4-3-5-13(18-2)14(12)19-11-7-6-10(8-15)16-9-11/h3-7,9H,8,15H2,1-2H3. The van der Waals surface area contributed by atoms with Gasteiger partial charge in [0.15, 0.2) is 11.5 Å². The summed E-state index contributed by atoms with van der Waals surface area (Å²) in [5.41, 5.74) is 6.31. The highest BCUT2D eigenvalue weighted by atomic mass is 16.5. The summed E-state index contributed by atoms with van der Waals surface area (Å²) in [6.45, 7) is 0.401. The predicted molar refractivity (Wildman–Crippen MR) is 71.7 cm³/mol. The number of nitrogens with zero attached hydrogens (tertiary/aromatic N) is 1. The van der Waals surface area contributed by atoms with E-state index in [0.717, 1.165) is 5.69 Å². The van der Waals surface area contributed by atoms with Gasteiger partial charge in [-0.1, -0.05) is 6.07 Å². The quantitative estimate of drug-likeness (QED) is 0.893. The molecule has 2 aromatic rings. The lowest BCUT2D eigenvalue weighted by Gasteiger charge is -2.13. The molecule has 5 nitrogen and oxygen atoms in total. The van der Waals surface area contributed by atoms with E-state index in [1.807, 2.05) is 12.1 Å². The van der Waals surface area contributed by atoms with Crippen molar-refractivity contribution in [2.45, 2.75) is 6.54 Å². The average Bonchev–Trinajstić information content (AvgIpc) is 2.48. The second kappa shape index (κ2) is 6.06. The fraction of sp³-hybridized carbons (Fsp3) is 0.214. The van der Waals surface area contributed by atoms with Gasteiger partial charge in [0, 0.05) is 6.54 Å². The molecule has 1 aromatic heterocycles. The molecule has 1 aromatic carbocycles. The number of pyridine rings is 1. The lowest BCUT2D eigenvalue weighted by molar-refractivity contribution is 0.346. The smallest absolute Gasteiger partial charge is 0.211 e. The summed E-state index contributed by atoms with van der Waals surface area (Å²) < 4.78 is 16.3. The molecular weight excluding hydrogens is 244 g/mol. The number of methoxy groups -OCH3 is 2. The monoisotopic (exact) mass is 260 g/mol. The first-order valence-corrected chi connectivity index (χ1v) is 5.82. The van der Waals surface area contributed by atoms with Gasteiger partial charge in [-0.3, -0.25) is 4.98 Å². The molecule has 2 rings (SSSR count). The Bertz CT molecular complexity index is 519. The van der Waals surface area contributed by atoms with E-state index in [0.29, 0.717) is 29.5 Å². The van der Waals surface area contributed by atoms with Crippen LogP contribution in [0.15, 0.2) is 36.5 Å². The zero-order chi connectivity index (χ0) is 13.7. The summed E-state index contributed by atoms with van der Waals surface area (Å²) in [4.78, 5) is 4.17. The molecule has 5 heteroatoms. The van der Waals surface area contributed by atoms with Crippen molar-refractivity contribution in [1.29, 1.82) is 0 Å². The molecule has 0 aliphatic heterocycles. The molecule has 0 saturated carbocycles. The maximum absolute atomic E-state index is 5.77. The molecule has 0 unspecified atom stereocenters. The Balaban J connectivity index is 2.30. The number of ether oxygens (including phenoxy) is 3. The lowest BCUT2D eigenvalue weighted by atomic mass is 10.3. The molecule has 1 heterocycles. The molecule has 0 fully saturated rings. The summed E-state index contributed by atoms with van der Waals surface area (Å²) in [6.07, 6.45) is 1.62. The van der Waals surface area contributed by atoms with Gasteiger partial charge in [0.05, 0.1) is 26.1 Å². The normalized spacial score (nSPS) is 10.1. The number of para-hydroxylation sites is 1. The molecule has 0 radical (unpaired) electrons. The third-order valence-corrected chi connectivity index (χ3v) is 2.61. The second-order valence-corrected chi connectivity index (χ2v) is 3.78. The van der Waals surface area contributed by atoms with Crippen LogP contribution in [0, 0.1) is 0 Å². The third kappa shape index (κ3) is 2.95. The van der Waals surface area contributed by atoms with Gasteiger partial charge >= 0.3 is 0 Å². The van der Waals surface area contributed by atoms with Crippen LogP contribution in [0.2, 0.25) is 0 Å². The number of aromatic nitrogens is 1. The van der Waals surface area contributed by atoms with Crippen molar-refractivity contribution >= 4 is 0 Å². The Morgan fingerprint density at radius 1 is 1.05 bits per heavy atom. The van der Waals surface area contributed by atoms with Gasteiger partial charge in [-0.25, -0.2) is 0 Å². The van der Waals surface area contributed by atoms with Crippen LogP contribution in [-0.4, -0.2) is 19.2 Å². The van der Waals surface area contributed by atoms with Gasteiger partial charge in [-0.15, -0.1) is 0 Å². The molecule has 2 N–H and O–H groups in total. The fourth-order valence-electron chi connectivity index (χ4n) is 1.63. The predicted octanol–water partition coefficient (Wildman–Crippen LogP) is 2.35. The highest BCUT2D eigenvalue weighted by Crippen LogP contribution is 2.39. The van der Waals surface area contributed by atoms with E-state index in [4.69, 9.17) is 19.9 Å². The van der Waals surface area contributed by atoms with Crippen LogP contribution in [0.4, 0.5) is 0 Å². The van der Waals surface area contributed by atoms with Crippen molar-refractivity contribution in [3.8, 4) is 23.0 Å². The van der Waals surface area contributed by atoms with Gasteiger partial charge in [0.1, 0.15) is 5.75 Å². The van der Waals surface area contributed by atoms with Crippen molar-refractivity contribution in [2.75, 3.05) is 14.2 Å². The third-order valence-electron chi connectivity index (χ3n) is 2.61. The van der Waals surface area contributed by atoms with Crippen molar-refractivity contribution in [1.82, 2.24) is 4.98 Å². The minimum atomic E-state index is 0.401. The molecule has 0 aliphatic rings. The largest absolute Gasteiger partial charge is 0.493 e. The average molecular weight is 260 g/mol. The number of nitrogens with two attached hydrogens (primary N) is 1. The van der Waals surface area contributed by atoms with Gasteiger partial charge in [-0.2, -0.15) is 0 Å². The van der Waals surface area contributed by atoms with E-state index in [1.165, 1.54) is 0 Å². The summed E-state index contributed by atoms with van der Waals surface area (Å²) >= 11 is 0. The van der Waals surface area contributed by atoms with Crippen molar-refractivity contribution in [2.24, 2.45) is 5.73 Å². The number of hydrogen-bond donors (Lipinski definition) is 1. The molecule has 0 aliphatic carbocycles. The maximum Gasteiger partial charge on any atom is 0.211 e. The first-order valence-electron chi connectivity index (χ1n) is 5.82. The molecule has 0 bridgehead atoms. The van der Waals surface area contributed by atoms with E-state index >= 15 is 0 Å². The zero-order valence-electron chi connectivity index (χ0n) is 10.9. The van der Waals surface area contributed by atoms with Gasteiger partial charge < -0.3 is 19.9 Å². The number of hydrogen-bond acceptors (Lipinski definition) is 5. The Labute approximate surface area is 111 Å². The van der Waals surface area contributed by atoms with Crippen LogP contribution in [0.1, 0.15) is 5.69 Å². The topological polar surface area (TPSA) is 66.6 Å². The first kappa shape index (κ1) is 13.2. The molecule has 19 heavy (non-hydrogen) atoms. The van der Waals surface area contributed by atoms with Crippen LogP contribution >= 0.6 is 0 Å². The first-order chi connectivity index (χ1) is 9.28. The zero-order valence-corrected chi connectivity index (χ0v) is 10.9.